The number of aliphatic imine (C=N–C) groups is 1. The Labute approximate surface area is 182 Å². The maximum absolute atomic E-state index is 5.80. The standard InChI is InChI=1S/C19H25ClN4O2.HI/c1-21-19(22-10-9-15-7-8-18(20)23-14-15)24-16-5-3-6-17(13-16)26-12-4-11-25-2;/h3,5-8,13-14H,4,9-12H2,1-2H3,(H2,21,22,24);1H. The third kappa shape index (κ3) is 9.25. The number of hydrogen-bond donors (Lipinski definition) is 2. The molecule has 2 N–H and O–H groups in total. The summed E-state index contributed by atoms with van der Waals surface area (Å²) in [6.07, 6.45) is 3.47. The molecule has 0 spiro atoms. The van der Waals surface area contributed by atoms with Gasteiger partial charge in [0.15, 0.2) is 5.96 Å². The fourth-order valence-corrected chi connectivity index (χ4v) is 2.36. The summed E-state index contributed by atoms with van der Waals surface area (Å²) in [6.45, 7) is 2.05. The summed E-state index contributed by atoms with van der Waals surface area (Å²) in [5.41, 5.74) is 2.03. The molecule has 0 amide bonds. The van der Waals surface area contributed by atoms with Gasteiger partial charge in [0.2, 0.25) is 0 Å². The number of benzene rings is 1. The van der Waals surface area contributed by atoms with E-state index in [9.17, 15) is 0 Å². The van der Waals surface area contributed by atoms with E-state index in [0.29, 0.717) is 24.3 Å². The summed E-state index contributed by atoms with van der Waals surface area (Å²) < 4.78 is 10.7. The van der Waals surface area contributed by atoms with Crippen LogP contribution in [0.4, 0.5) is 5.69 Å². The quantitative estimate of drug-likeness (QED) is 0.178. The van der Waals surface area contributed by atoms with Crippen molar-refractivity contribution in [2.75, 3.05) is 39.2 Å². The second-order valence-electron chi connectivity index (χ2n) is 5.59. The van der Waals surface area contributed by atoms with Gasteiger partial charge in [-0.1, -0.05) is 23.7 Å². The van der Waals surface area contributed by atoms with Gasteiger partial charge in [-0.2, -0.15) is 0 Å². The second kappa shape index (κ2) is 13.6. The van der Waals surface area contributed by atoms with Gasteiger partial charge in [0.25, 0.3) is 0 Å². The third-order valence-corrected chi connectivity index (χ3v) is 3.80. The maximum Gasteiger partial charge on any atom is 0.195 e. The molecular weight excluding hydrogens is 479 g/mol. The minimum absolute atomic E-state index is 0. The van der Waals surface area contributed by atoms with Crippen LogP contribution in [0, 0.1) is 0 Å². The van der Waals surface area contributed by atoms with Gasteiger partial charge in [-0.25, -0.2) is 4.98 Å². The number of hydrogen-bond acceptors (Lipinski definition) is 4. The van der Waals surface area contributed by atoms with Crippen LogP contribution in [0.5, 0.6) is 5.75 Å². The van der Waals surface area contributed by atoms with Crippen molar-refractivity contribution in [2.45, 2.75) is 12.8 Å². The smallest absolute Gasteiger partial charge is 0.195 e. The summed E-state index contributed by atoms with van der Waals surface area (Å²) in [4.78, 5) is 8.33. The first-order valence-electron chi connectivity index (χ1n) is 8.51. The molecule has 0 unspecified atom stereocenters. The summed E-state index contributed by atoms with van der Waals surface area (Å²) >= 11 is 5.80. The first-order chi connectivity index (χ1) is 12.7. The lowest BCUT2D eigenvalue weighted by Gasteiger charge is -2.13. The Kier molecular flexibility index (Phi) is 11.8. The number of anilines is 1. The minimum atomic E-state index is 0. The van der Waals surface area contributed by atoms with Crippen molar-refractivity contribution in [3.8, 4) is 5.75 Å². The lowest BCUT2D eigenvalue weighted by Crippen LogP contribution is -2.32. The van der Waals surface area contributed by atoms with Crippen LogP contribution in [0.3, 0.4) is 0 Å². The Bertz CT molecular complexity index is 698. The zero-order valence-corrected chi connectivity index (χ0v) is 18.7. The van der Waals surface area contributed by atoms with Crippen LogP contribution < -0.4 is 15.4 Å². The molecule has 6 nitrogen and oxygen atoms in total. The summed E-state index contributed by atoms with van der Waals surface area (Å²) in [5.74, 6) is 1.51. The zero-order valence-electron chi connectivity index (χ0n) is 15.6. The number of rotatable bonds is 9. The zero-order chi connectivity index (χ0) is 18.6. The van der Waals surface area contributed by atoms with Gasteiger partial charge < -0.3 is 20.1 Å². The predicted molar refractivity (Wildman–Crippen MR) is 122 cm³/mol. The topological polar surface area (TPSA) is 67.8 Å². The molecule has 2 aromatic rings. The van der Waals surface area contributed by atoms with Gasteiger partial charge in [0.05, 0.1) is 6.61 Å². The lowest BCUT2D eigenvalue weighted by molar-refractivity contribution is 0.172. The SMILES string of the molecule is CN=C(NCCc1ccc(Cl)nc1)Nc1cccc(OCCCOC)c1.I. The highest BCUT2D eigenvalue weighted by Crippen LogP contribution is 2.17. The average Bonchev–Trinajstić information content (AvgIpc) is 2.66. The van der Waals surface area contributed by atoms with E-state index >= 15 is 0 Å². The fraction of sp³-hybridized carbons (Fsp3) is 0.368. The Hall–Kier alpha value is -1.58. The van der Waals surface area contributed by atoms with Crippen molar-refractivity contribution in [3.63, 3.8) is 0 Å². The van der Waals surface area contributed by atoms with Crippen molar-refractivity contribution >= 4 is 47.2 Å². The lowest BCUT2D eigenvalue weighted by atomic mass is 10.2. The average molecular weight is 505 g/mol. The normalized spacial score (nSPS) is 10.9. The molecule has 0 saturated carbocycles. The molecule has 0 aliphatic carbocycles. The van der Waals surface area contributed by atoms with Crippen molar-refractivity contribution in [2.24, 2.45) is 4.99 Å². The number of methoxy groups -OCH3 is 1. The monoisotopic (exact) mass is 504 g/mol. The van der Waals surface area contributed by atoms with Crippen LogP contribution in [-0.2, 0) is 11.2 Å². The van der Waals surface area contributed by atoms with Crippen LogP contribution in [-0.4, -0.2) is 44.9 Å². The molecule has 0 aliphatic heterocycles. The van der Waals surface area contributed by atoms with E-state index in [1.807, 2.05) is 30.3 Å². The molecule has 148 valence electrons. The van der Waals surface area contributed by atoms with E-state index in [-0.39, 0.29) is 24.0 Å². The molecule has 0 fully saturated rings. The van der Waals surface area contributed by atoms with E-state index in [1.165, 1.54) is 0 Å². The summed E-state index contributed by atoms with van der Waals surface area (Å²) in [7, 11) is 3.43. The Morgan fingerprint density at radius 3 is 2.78 bits per heavy atom. The summed E-state index contributed by atoms with van der Waals surface area (Å²) in [6, 6.07) is 11.6. The van der Waals surface area contributed by atoms with Crippen LogP contribution in [0.1, 0.15) is 12.0 Å². The first kappa shape index (κ1) is 23.5. The molecular formula is C19H26ClIN4O2. The van der Waals surface area contributed by atoms with Crippen LogP contribution in [0.15, 0.2) is 47.6 Å². The number of nitrogens with one attached hydrogen (secondary N) is 2. The van der Waals surface area contributed by atoms with E-state index in [1.54, 1.807) is 26.4 Å². The number of aromatic nitrogens is 1. The molecule has 27 heavy (non-hydrogen) atoms. The van der Waals surface area contributed by atoms with Gasteiger partial charge in [0, 0.05) is 51.7 Å². The fourth-order valence-electron chi connectivity index (χ4n) is 2.25. The minimum Gasteiger partial charge on any atom is -0.493 e. The molecule has 0 aliphatic rings. The molecule has 1 aromatic carbocycles. The van der Waals surface area contributed by atoms with Crippen molar-refractivity contribution in [1.29, 1.82) is 0 Å². The number of pyridine rings is 1. The molecule has 8 heteroatoms. The molecule has 0 saturated heterocycles. The van der Waals surface area contributed by atoms with Gasteiger partial charge in [-0.05, 0) is 30.2 Å². The van der Waals surface area contributed by atoms with Gasteiger partial charge in [-0.3, -0.25) is 4.99 Å². The Balaban J connectivity index is 0.00000364. The number of ether oxygens (including phenoxy) is 2. The van der Waals surface area contributed by atoms with Gasteiger partial charge in [0.1, 0.15) is 10.9 Å². The Morgan fingerprint density at radius 2 is 2.07 bits per heavy atom. The van der Waals surface area contributed by atoms with Crippen molar-refractivity contribution in [3.05, 3.63) is 53.3 Å². The van der Waals surface area contributed by atoms with Crippen LogP contribution >= 0.6 is 35.6 Å². The van der Waals surface area contributed by atoms with Crippen LogP contribution in [0.25, 0.3) is 0 Å². The molecule has 1 heterocycles. The molecule has 0 atom stereocenters. The predicted octanol–water partition coefficient (Wildman–Crippen LogP) is 4.00. The van der Waals surface area contributed by atoms with Crippen molar-refractivity contribution in [1.82, 2.24) is 10.3 Å². The maximum atomic E-state index is 5.80. The Morgan fingerprint density at radius 1 is 1.22 bits per heavy atom. The highest BCUT2D eigenvalue weighted by Gasteiger charge is 2.02. The van der Waals surface area contributed by atoms with Gasteiger partial charge in [-0.15, -0.1) is 24.0 Å². The van der Waals surface area contributed by atoms with E-state index in [0.717, 1.165) is 36.4 Å². The van der Waals surface area contributed by atoms with Crippen molar-refractivity contribution < 1.29 is 9.47 Å². The molecule has 0 bridgehead atoms. The molecule has 1 aromatic heterocycles. The van der Waals surface area contributed by atoms with E-state index < -0.39 is 0 Å². The highest BCUT2D eigenvalue weighted by atomic mass is 127. The number of nitrogens with zero attached hydrogens (tertiary/aromatic N) is 2. The summed E-state index contributed by atoms with van der Waals surface area (Å²) in [5, 5.41) is 7.05. The second-order valence-corrected chi connectivity index (χ2v) is 5.97. The van der Waals surface area contributed by atoms with E-state index in [2.05, 4.69) is 20.6 Å². The first-order valence-corrected chi connectivity index (χ1v) is 8.89. The van der Waals surface area contributed by atoms with Gasteiger partial charge >= 0.3 is 0 Å². The highest BCUT2D eigenvalue weighted by molar-refractivity contribution is 14.0. The largest absolute Gasteiger partial charge is 0.493 e. The van der Waals surface area contributed by atoms with Crippen LogP contribution in [0.2, 0.25) is 5.15 Å². The molecule has 0 radical (unpaired) electrons. The number of halogens is 2. The third-order valence-electron chi connectivity index (χ3n) is 3.58. The molecule has 2 rings (SSSR count). The number of guanidine groups is 1. The van der Waals surface area contributed by atoms with E-state index in [4.69, 9.17) is 21.1 Å².